The summed E-state index contributed by atoms with van der Waals surface area (Å²) in [5.41, 5.74) is 3.76. The van der Waals surface area contributed by atoms with Crippen LogP contribution < -0.4 is 4.90 Å². The number of hydrogen-bond acceptors (Lipinski definition) is 3. The Morgan fingerprint density at radius 2 is 1.67 bits per heavy atom. The van der Waals surface area contributed by atoms with Crippen LogP contribution >= 0.6 is 11.6 Å². The minimum Gasteiger partial charge on any atom is -0.326 e. The van der Waals surface area contributed by atoms with Crippen molar-refractivity contribution in [2.24, 2.45) is 7.05 Å². The van der Waals surface area contributed by atoms with Gasteiger partial charge in [0.2, 0.25) is 10.0 Å². The van der Waals surface area contributed by atoms with Crippen LogP contribution in [0.2, 0.25) is 5.15 Å². The molecule has 2 heterocycles. The maximum atomic E-state index is 13.3. The molecule has 148 valence electrons. The van der Waals surface area contributed by atoms with Crippen LogP contribution in [-0.4, -0.2) is 48.5 Å². The standard InChI is InChI=1S/C19H27ClN4O2S/c1-13-10-14(2)16(4)19(15(13)3)27(25,26)24-8-6-23(7-9-24)12-18-21-11-17(20)22(18)5/h10-11H,6-9,12H2,1-5H3/p+1. The van der Waals surface area contributed by atoms with Gasteiger partial charge in [-0.1, -0.05) is 17.7 Å². The average Bonchev–Trinajstić information content (AvgIpc) is 2.93. The molecule has 0 saturated carbocycles. The first-order valence-corrected chi connectivity index (χ1v) is 11.0. The first-order valence-electron chi connectivity index (χ1n) is 9.20. The molecule has 1 saturated heterocycles. The van der Waals surface area contributed by atoms with Crippen LogP contribution in [0.1, 0.15) is 28.1 Å². The van der Waals surface area contributed by atoms with E-state index in [4.69, 9.17) is 11.6 Å². The Labute approximate surface area is 166 Å². The number of aromatic nitrogens is 2. The minimum absolute atomic E-state index is 0.485. The van der Waals surface area contributed by atoms with Crippen molar-refractivity contribution < 1.29 is 13.3 Å². The molecule has 0 bridgehead atoms. The van der Waals surface area contributed by atoms with Gasteiger partial charge in [0, 0.05) is 7.05 Å². The summed E-state index contributed by atoms with van der Waals surface area (Å²) >= 11 is 6.06. The van der Waals surface area contributed by atoms with Gasteiger partial charge in [0.15, 0.2) is 5.82 Å². The molecule has 0 aliphatic carbocycles. The number of benzene rings is 1. The van der Waals surface area contributed by atoms with Crippen LogP contribution in [0, 0.1) is 27.7 Å². The number of hydrogen-bond donors (Lipinski definition) is 1. The fourth-order valence-corrected chi connectivity index (χ4v) is 5.89. The molecule has 1 fully saturated rings. The van der Waals surface area contributed by atoms with E-state index in [0.29, 0.717) is 23.1 Å². The molecule has 27 heavy (non-hydrogen) atoms. The lowest BCUT2D eigenvalue weighted by Gasteiger charge is -2.32. The fourth-order valence-electron chi connectivity index (χ4n) is 3.73. The van der Waals surface area contributed by atoms with Crippen LogP contribution in [0.3, 0.4) is 0 Å². The highest BCUT2D eigenvalue weighted by molar-refractivity contribution is 7.89. The molecule has 0 atom stereocenters. The van der Waals surface area contributed by atoms with Crippen molar-refractivity contribution in [1.82, 2.24) is 13.9 Å². The number of quaternary nitrogens is 1. The lowest BCUT2D eigenvalue weighted by atomic mass is 10.0. The Bertz CT molecular complexity index is 934. The van der Waals surface area contributed by atoms with Crippen LogP contribution in [0.4, 0.5) is 0 Å². The normalized spacial score (nSPS) is 16.8. The van der Waals surface area contributed by atoms with Crippen LogP contribution in [-0.2, 0) is 23.6 Å². The van der Waals surface area contributed by atoms with Crippen LogP contribution in [0.25, 0.3) is 0 Å². The molecule has 0 radical (unpaired) electrons. The summed E-state index contributed by atoms with van der Waals surface area (Å²) < 4.78 is 30.2. The SMILES string of the molecule is Cc1cc(C)c(C)c(S(=O)(=O)N2CC[NH+](Cc3ncc(Cl)n3C)CC2)c1C. The van der Waals surface area contributed by atoms with Gasteiger partial charge in [0.1, 0.15) is 11.7 Å². The smallest absolute Gasteiger partial charge is 0.244 e. The summed E-state index contributed by atoms with van der Waals surface area (Å²) in [6.45, 7) is 11.0. The van der Waals surface area contributed by atoms with Crippen molar-refractivity contribution in [3.05, 3.63) is 45.5 Å². The molecule has 1 aliphatic rings. The monoisotopic (exact) mass is 411 g/mol. The number of nitrogens with zero attached hydrogens (tertiary/aromatic N) is 3. The maximum absolute atomic E-state index is 13.3. The van der Waals surface area contributed by atoms with Gasteiger partial charge in [-0.3, -0.25) is 0 Å². The summed E-state index contributed by atoms with van der Waals surface area (Å²) in [6, 6.07) is 2.06. The van der Waals surface area contributed by atoms with Gasteiger partial charge in [-0.25, -0.2) is 13.4 Å². The quantitative estimate of drug-likeness (QED) is 0.827. The Balaban J connectivity index is 1.77. The predicted octanol–water partition coefficient (Wildman–Crippen LogP) is 1.40. The molecule has 1 aliphatic heterocycles. The second-order valence-electron chi connectivity index (χ2n) is 7.48. The van der Waals surface area contributed by atoms with Gasteiger partial charge < -0.3 is 9.47 Å². The zero-order valence-electron chi connectivity index (χ0n) is 16.6. The van der Waals surface area contributed by atoms with Crippen molar-refractivity contribution in [3.8, 4) is 0 Å². The number of halogens is 1. The molecule has 2 aromatic rings. The molecule has 1 N–H and O–H groups in total. The number of piperazine rings is 1. The molecular formula is C19H28ClN4O2S+. The van der Waals surface area contributed by atoms with E-state index in [1.54, 1.807) is 10.5 Å². The highest BCUT2D eigenvalue weighted by Gasteiger charge is 2.33. The number of nitrogens with one attached hydrogen (secondary N) is 1. The maximum Gasteiger partial charge on any atom is 0.244 e. The van der Waals surface area contributed by atoms with Gasteiger partial charge in [0.05, 0.1) is 37.3 Å². The first-order chi connectivity index (χ1) is 12.6. The van der Waals surface area contributed by atoms with Gasteiger partial charge in [-0.05, 0) is 49.9 Å². The van der Waals surface area contributed by atoms with Crippen LogP contribution in [0.5, 0.6) is 0 Å². The van der Waals surface area contributed by atoms with Crippen LogP contribution in [0.15, 0.2) is 17.2 Å². The number of rotatable bonds is 4. The van der Waals surface area contributed by atoms with Crippen molar-refractivity contribution in [1.29, 1.82) is 0 Å². The summed E-state index contributed by atoms with van der Waals surface area (Å²) in [7, 11) is -1.59. The molecule has 6 nitrogen and oxygen atoms in total. The summed E-state index contributed by atoms with van der Waals surface area (Å²) in [6.07, 6.45) is 1.66. The van der Waals surface area contributed by atoms with E-state index in [1.807, 2.05) is 39.3 Å². The highest BCUT2D eigenvalue weighted by Crippen LogP contribution is 2.28. The Hall–Kier alpha value is -1.41. The van der Waals surface area contributed by atoms with Crippen molar-refractivity contribution in [2.45, 2.75) is 39.1 Å². The summed E-state index contributed by atoms with van der Waals surface area (Å²) in [5, 5.41) is 0.617. The van der Waals surface area contributed by atoms with E-state index >= 15 is 0 Å². The van der Waals surface area contributed by atoms with E-state index in [9.17, 15) is 8.42 Å². The number of aryl methyl sites for hydroxylation is 2. The Morgan fingerprint density at radius 3 is 2.15 bits per heavy atom. The second-order valence-corrected chi connectivity index (χ2v) is 9.74. The molecule has 1 aromatic heterocycles. The van der Waals surface area contributed by atoms with Gasteiger partial charge in [0.25, 0.3) is 0 Å². The summed E-state index contributed by atoms with van der Waals surface area (Å²) in [5.74, 6) is 0.923. The molecule has 0 unspecified atom stereocenters. The molecule has 8 heteroatoms. The van der Waals surface area contributed by atoms with E-state index in [0.717, 1.165) is 47.7 Å². The van der Waals surface area contributed by atoms with Gasteiger partial charge in [-0.15, -0.1) is 0 Å². The zero-order valence-corrected chi connectivity index (χ0v) is 18.2. The predicted molar refractivity (Wildman–Crippen MR) is 107 cm³/mol. The topological polar surface area (TPSA) is 59.6 Å². The number of imidazole rings is 1. The first kappa shape index (κ1) is 20.3. The lowest BCUT2D eigenvalue weighted by molar-refractivity contribution is -0.918. The van der Waals surface area contributed by atoms with Crippen molar-refractivity contribution in [3.63, 3.8) is 0 Å². The van der Waals surface area contributed by atoms with E-state index < -0.39 is 10.0 Å². The molecule has 0 spiro atoms. The Morgan fingerprint density at radius 1 is 1.11 bits per heavy atom. The molecule has 1 aromatic carbocycles. The second kappa shape index (κ2) is 7.54. The van der Waals surface area contributed by atoms with E-state index in [1.165, 1.54) is 4.90 Å². The van der Waals surface area contributed by atoms with E-state index in [2.05, 4.69) is 11.1 Å². The third-order valence-electron chi connectivity index (χ3n) is 5.76. The lowest BCUT2D eigenvalue weighted by Crippen LogP contribution is -3.13. The molecule has 0 amide bonds. The fraction of sp³-hybridized carbons (Fsp3) is 0.526. The zero-order chi connectivity index (χ0) is 19.9. The third kappa shape index (κ3) is 3.78. The molecular weight excluding hydrogens is 384 g/mol. The summed E-state index contributed by atoms with van der Waals surface area (Å²) in [4.78, 5) is 6.15. The number of sulfonamides is 1. The van der Waals surface area contributed by atoms with E-state index in [-0.39, 0.29) is 0 Å². The van der Waals surface area contributed by atoms with Crippen molar-refractivity contribution in [2.75, 3.05) is 26.2 Å². The Kier molecular flexibility index (Phi) is 5.68. The van der Waals surface area contributed by atoms with Crippen molar-refractivity contribution >= 4 is 21.6 Å². The largest absolute Gasteiger partial charge is 0.326 e. The molecule has 3 rings (SSSR count). The van der Waals surface area contributed by atoms with Gasteiger partial charge >= 0.3 is 0 Å². The average molecular weight is 412 g/mol. The van der Waals surface area contributed by atoms with Gasteiger partial charge in [-0.2, -0.15) is 4.31 Å². The highest BCUT2D eigenvalue weighted by atomic mass is 35.5. The third-order valence-corrected chi connectivity index (χ3v) is 8.28. The minimum atomic E-state index is -3.49.